The van der Waals surface area contributed by atoms with Crippen LogP contribution in [0.1, 0.15) is 31.0 Å². The summed E-state index contributed by atoms with van der Waals surface area (Å²) in [4.78, 5) is 28.1. The van der Waals surface area contributed by atoms with Crippen LogP contribution in [0.25, 0.3) is 0 Å². The summed E-state index contributed by atoms with van der Waals surface area (Å²) >= 11 is 1.51. The second-order valence-corrected chi connectivity index (χ2v) is 6.31. The van der Waals surface area contributed by atoms with Crippen LogP contribution in [0.2, 0.25) is 0 Å². The predicted molar refractivity (Wildman–Crippen MR) is 88.1 cm³/mol. The van der Waals surface area contributed by atoms with Crippen LogP contribution in [-0.2, 0) is 19.1 Å². The Hall–Kier alpha value is -1.60. The summed E-state index contributed by atoms with van der Waals surface area (Å²) in [5.74, 6) is 0.324. The van der Waals surface area contributed by atoms with Gasteiger partial charge in [0.15, 0.2) is 6.04 Å². The average Bonchev–Trinajstić information content (AvgIpc) is 2.60. The summed E-state index contributed by atoms with van der Waals surface area (Å²) in [5, 5.41) is 2.68. The van der Waals surface area contributed by atoms with Gasteiger partial charge in [0.05, 0.1) is 24.7 Å². The Labute approximate surface area is 140 Å². The van der Waals surface area contributed by atoms with Crippen molar-refractivity contribution in [3.63, 3.8) is 0 Å². The summed E-state index contributed by atoms with van der Waals surface area (Å²) in [6.45, 7) is 0.807. The Morgan fingerprint density at radius 1 is 1.48 bits per heavy atom. The van der Waals surface area contributed by atoms with Crippen LogP contribution in [0.4, 0.5) is 0 Å². The zero-order valence-corrected chi connectivity index (χ0v) is 14.0. The van der Waals surface area contributed by atoms with Crippen molar-refractivity contribution in [2.45, 2.75) is 31.4 Å². The van der Waals surface area contributed by atoms with E-state index in [1.54, 1.807) is 24.4 Å². The summed E-state index contributed by atoms with van der Waals surface area (Å²) in [6.07, 6.45) is 5.15. The molecule has 2 heterocycles. The van der Waals surface area contributed by atoms with Crippen molar-refractivity contribution in [2.75, 3.05) is 25.2 Å². The van der Waals surface area contributed by atoms with Crippen molar-refractivity contribution >= 4 is 23.6 Å². The molecule has 1 aliphatic heterocycles. The van der Waals surface area contributed by atoms with Gasteiger partial charge in [0, 0.05) is 18.6 Å². The molecule has 6 nitrogen and oxygen atoms in total. The zero-order valence-electron chi connectivity index (χ0n) is 13.2. The molecule has 126 valence electrons. The first-order valence-corrected chi connectivity index (χ1v) is 8.83. The molecule has 1 saturated heterocycles. The average molecular weight is 338 g/mol. The standard InChI is InChI=1S/C16H22N2O4S/c1-21-16(20)15(13-7-2-4-8-17-13)18-14(19)11-23-10-12-6-3-5-9-22-12/h2,4,7-8,12,15H,3,5-6,9-11H2,1H3,(H,18,19). The molecule has 0 radical (unpaired) electrons. The summed E-state index contributed by atoms with van der Waals surface area (Å²) in [6, 6.07) is 4.32. The normalized spacial score (nSPS) is 18.9. The Kier molecular flexibility index (Phi) is 7.35. The van der Waals surface area contributed by atoms with E-state index in [9.17, 15) is 9.59 Å². The van der Waals surface area contributed by atoms with E-state index in [4.69, 9.17) is 9.47 Å². The van der Waals surface area contributed by atoms with Crippen LogP contribution in [0.5, 0.6) is 0 Å². The number of methoxy groups -OCH3 is 1. The van der Waals surface area contributed by atoms with Crippen LogP contribution in [-0.4, -0.2) is 48.2 Å². The Balaban J connectivity index is 1.81. The number of nitrogens with one attached hydrogen (secondary N) is 1. The minimum atomic E-state index is -0.875. The number of pyridine rings is 1. The van der Waals surface area contributed by atoms with Crippen molar-refractivity contribution in [3.8, 4) is 0 Å². The molecule has 1 aromatic rings. The van der Waals surface area contributed by atoms with Crippen LogP contribution >= 0.6 is 11.8 Å². The quantitative estimate of drug-likeness (QED) is 0.763. The molecule has 0 saturated carbocycles. The molecular formula is C16H22N2O4S. The topological polar surface area (TPSA) is 77.5 Å². The minimum absolute atomic E-state index is 0.216. The van der Waals surface area contributed by atoms with Gasteiger partial charge >= 0.3 is 5.97 Å². The number of nitrogens with zero attached hydrogens (tertiary/aromatic N) is 1. The van der Waals surface area contributed by atoms with E-state index in [-0.39, 0.29) is 17.8 Å². The third-order valence-electron chi connectivity index (χ3n) is 3.54. The van der Waals surface area contributed by atoms with Gasteiger partial charge in [-0.3, -0.25) is 9.78 Å². The molecule has 1 aliphatic rings. The monoisotopic (exact) mass is 338 g/mol. The molecule has 0 spiro atoms. The number of ether oxygens (including phenoxy) is 2. The summed E-state index contributed by atoms with van der Waals surface area (Å²) in [5.41, 5.74) is 0.466. The maximum atomic E-state index is 12.1. The second-order valence-electron chi connectivity index (χ2n) is 5.28. The summed E-state index contributed by atoms with van der Waals surface area (Å²) < 4.78 is 10.4. The van der Waals surface area contributed by atoms with E-state index in [2.05, 4.69) is 10.3 Å². The van der Waals surface area contributed by atoms with E-state index >= 15 is 0 Å². The van der Waals surface area contributed by atoms with Gasteiger partial charge < -0.3 is 14.8 Å². The molecule has 0 aliphatic carbocycles. The van der Waals surface area contributed by atoms with E-state index in [0.29, 0.717) is 5.69 Å². The molecule has 2 atom stereocenters. The first-order valence-electron chi connectivity index (χ1n) is 7.68. The number of hydrogen-bond donors (Lipinski definition) is 1. The van der Waals surface area contributed by atoms with Crippen LogP contribution < -0.4 is 5.32 Å². The number of rotatable bonds is 7. The highest BCUT2D eigenvalue weighted by Crippen LogP contribution is 2.17. The smallest absolute Gasteiger partial charge is 0.334 e. The van der Waals surface area contributed by atoms with Crippen LogP contribution in [0, 0.1) is 0 Å². The molecule has 0 bridgehead atoms. The van der Waals surface area contributed by atoms with Crippen LogP contribution in [0.3, 0.4) is 0 Å². The van der Waals surface area contributed by atoms with Crippen LogP contribution in [0.15, 0.2) is 24.4 Å². The number of hydrogen-bond acceptors (Lipinski definition) is 6. The molecule has 7 heteroatoms. The Morgan fingerprint density at radius 2 is 2.35 bits per heavy atom. The molecule has 0 aromatic carbocycles. The molecule has 1 N–H and O–H groups in total. The molecule has 1 aromatic heterocycles. The van der Waals surface area contributed by atoms with Crippen molar-refractivity contribution in [3.05, 3.63) is 30.1 Å². The zero-order chi connectivity index (χ0) is 16.5. The highest BCUT2D eigenvalue weighted by molar-refractivity contribution is 7.99. The van der Waals surface area contributed by atoms with Gasteiger partial charge in [-0.15, -0.1) is 11.8 Å². The molecule has 23 heavy (non-hydrogen) atoms. The molecule has 1 amide bonds. The lowest BCUT2D eigenvalue weighted by molar-refractivity contribution is -0.145. The first kappa shape index (κ1) is 17.7. The predicted octanol–water partition coefficient (Wildman–Crippen LogP) is 1.71. The lowest BCUT2D eigenvalue weighted by atomic mass is 10.1. The SMILES string of the molecule is COC(=O)C(NC(=O)CSCC1CCCCO1)c1ccccn1. The van der Waals surface area contributed by atoms with E-state index in [0.717, 1.165) is 25.2 Å². The van der Waals surface area contributed by atoms with E-state index in [1.165, 1.54) is 25.3 Å². The lowest BCUT2D eigenvalue weighted by Crippen LogP contribution is -2.36. The Morgan fingerprint density at radius 3 is 3.00 bits per heavy atom. The third-order valence-corrected chi connectivity index (χ3v) is 4.61. The van der Waals surface area contributed by atoms with Crippen molar-refractivity contribution in [1.29, 1.82) is 0 Å². The fourth-order valence-electron chi connectivity index (χ4n) is 2.34. The van der Waals surface area contributed by atoms with Gasteiger partial charge in [-0.2, -0.15) is 0 Å². The van der Waals surface area contributed by atoms with Gasteiger partial charge in [0.1, 0.15) is 0 Å². The number of carbonyl (C=O) groups is 2. The van der Waals surface area contributed by atoms with Gasteiger partial charge in [0.25, 0.3) is 0 Å². The van der Waals surface area contributed by atoms with Crippen molar-refractivity contribution < 1.29 is 19.1 Å². The fourth-order valence-corrected chi connectivity index (χ4v) is 3.26. The second kappa shape index (κ2) is 9.52. The van der Waals surface area contributed by atoms with E-state index < -0.39 is 12.0 Å². The largest absolute Gasteiger partial charge is 0.467 e. The van der Waals surface area contributed by atoms with Crippen molar-refractivity contribution in [1.82, 2.24) is 10.3 Å². The number of esters is 1. The Bertz CT molecular complexity index is 506. The first-order chi connectivity index (χ1) is 11.2. The highest BCUT2D eigenvalue weighted by Gasteiger charge is 2.24. The van der Waals surface area contributed by atoms with Gasteiger partial charge in [-0.25, -0.2) is 4.79 Å². The van der Waals surface area contributed by atoms with E-state index in [1.807, 2.05) is 0 Å². The molecule has 2 rings (SSSR count). The number of carbonyl (C=O) groups excluding carboxylic acids is 2. The molecular weight excluding hydrogens is 316 g/mol. The third kappa shape index (κ3) is 5.84. The lowest BCUT2D eigenvalue weighted by Gasteiger charge is -2.22. The maximum absolute atomic E-state index is 12.1. The minimum Gasteiger partial charge on any atom is -0.467 e. The molecule has 2 unspecified atom stereocenters. The van der Waals surface area contributed by atoms with Gasteiger partial charge in [-0.05, 0) is 31.4 Å². The highest BCUT2D eigenvalue weighted by atomic mass is 32.2. The number of amides is 1. The van der Waals surface area contributed by atoms with Crippen molar-refractivity contribution in [2.24, 2.45) is 0 Å². The maximum Gasteiger partial charge on any atom is 0.334 e. The van der Waals surface area contributed by atoms with Gasteiger partial charge in [0.2, 0.25) is 5.91 Å². The fraction of sp³-hybridized carbons (Fsp3) is 0.562. The number of aromatic nitrogens is 1. The molecule has 1 fully saturated rings. The van der Waals surface area contributed by atoms with Gasteiger partial charge in [-0.1, -0.05) is 6.07 Å². The summed E-state index contributed by atoms with van der Waals surface area (Å²) in [7, 11) is 1.29. The number of thioether (sulfide) groups is 1.